The zero-order valence-corrected chi connectivity index (χ0v) is 6.29. The van der Waals surface area contributed by atoms with Crippen LogP contribution in [-0.4, -0.2) is 28.4 Å². The molecule has 0 aliphatic carbocycles. The summed E-state index contributed by atoms with van der Waals surface area (Å²) in [5.74, 6) is -0.837. The Labute approximate surface area is 51.8 Å². The highest BCUT2D eigenvalue weighted by Gasteiger charge is 1.97. The summed E-state index contributed by atoms with van der Waals surface area (Å²) in [6.45, 7) is 0.0235. The summed E-state index contributed by atoms with van der Waals surface area (Å²) < 4.78 is 1.50. The molecule has 0 saturated carbocycles. The van der Waals surface area contributed by atoms with Crippen molar-refractivity contribution in [2.24, 2.45) is 0 Å². The van der Waals surface area contributed by atoms with E-state index in [1.165, 1.54) is 4.44 Å². The van der Waals surface area contributed by atoms with E-state index in [2.05, 4.69) is 15.7 Å². The monoisotopic (exact) mass is 151 g/mol. The highest BCUT2D eigenvalue weighted by molar-refractivity contribution is 7.43. The van der Waals surface area contributed by atoms with Gasteiger partial charge in [0.05, 0.1) is 0 Å². The number of carboxylic acids is 1. The maximum absolute atomic E-state index is 9.88. The third-order valence-corrected chi connectivity index (χ3v) is 1.66. The van der Waals surface area contributed by atoms with Crippen LogP contribution in [0.1, 0.15) is 0 Å². The van der Waals surface area contributed by atoms with Crippen LogP contribution in [0.4, 0.5) is 0 Å². The number of carbonyl (C=O) groups is 1. The van der Waals surface area contributed by atoms with Gasteiger partial charge in [-0.2, -0.15) is 0 Å². The molecule has 0 spiro atoms. The molecule has 8 heavy (non-hydrogen) atoms. The molecule has 1 atom stereocenters. The molecule has 1 N–H and O–H groups in total. The average molecular weight is 151 g/mol. The Hall–Kier alpha value is 0.0300. The predicted octanol–water partition coefficient (Wildman–Crippen LogP) is 0.456. The van der Waals surface area contributed by atoms with E-state index in [1.54, 1.807) is 0 Å². The smallest absolute Gasteiger partial charge is 0.318 e. The third kappa shape index (κ3) is 4.20. The van der Waals surface area contributed by atoms with Crippen molar-refractivity contribution < 1.29 is 9.90 Å². The Morgan fingerprint density at radius 3 is 2.62 bits per heavy atom. The topological polar surface area (TPSA) is 40.5 Å². The van der Waals surface area contributed by atoms with Gasteiger partial charge in [-0.1, -0.05) is 15.7 Å². The van der Waals surface area contributed by atoms with Gasteiger partial charge in [0.1, 0.15) is 6.54 Å². The third-order valence-electron chi connectivity index (χ3n) is 0.479. The van der Waals surface area contributed by atoms with Crippen molar-refractivity contribution in [3.05, 3.63) is 0 Å². The van der Waals surface area contributed by atoms with Crippen LogP contribution in [0.15, 0.2) is 0 Å². The molecule has 0 aromatic carbocycles. The van der Waals surface area contributed by atoms with E-state index < -0.39 is 5.97 Å². The van der Waals surface area contributed by atoms with Gasteiger partial charge in [0.2, 0.25) is 0 Å². The zero-order chi connectivity index (χ0) is 6.57. The van der Waals surface area contributed by atoms with E-state index in [4.69, 9.17) is 5.11 Å². The van der Waals surface area contributed by atoms with Crippen molar-refractivity contribution in [3.63, 3.8) is 0 Å². The first-order valence-corrected chi connectivity index (χ1v) is 3.42. The first kappa shape index (κ1) is 8.03. The molecule has 0 aliphatic heterocycles. The fourth-order valence-corrected chi connectivity index (χ4v) is 0.566. The van der Waals surface area contributed by atoms with Crippen molar-refractivity contribution in [1.29, 1.82) is 0 Å². The van der Waals surface area contributed by atoms with Gasteiger partial charge in [-0.3, -0.25) is 4.79 Å². The minimum Gasteiger partial charge on any atom is -0.480 e. The SMILES string of the molecule is C=PN(P)CC(=O)O. The summed E-state index contributed by atoms with van der Waals surface area (Å²) in [6.07, 6.45) is 3.45. The summed E-state index contributed by atoms with van der Waals surface area (Å²) in [5.41, 5.74) is 0. The zero-order valence-electron chi connectivity index (χ0n) is 4.24. The summed E-state index contributed by atoms with van der Waals surface area (Å²) in [7, 11) is 2.96. The molecular formula is C3H7NO2P2. The molecule has 0 bridgehead atoms. The van der Waals surface area contributed by atoms with Crippen LogP contribution in [0.2, 0.25) is 0 Å². The number of carboxylic acid groups (broad SMARTS) is 1. The second-order valence-corrected chi connectivity index (χ2v) is 2.99. The second-order valence-electron chi connectivity index (χ2n) is 1.13. The molecular weight excluding hydrogens is 144 g/mol. The number of nitrogens with zero attached hydrogens (tertiary/aromatic N) is 1. The van der Waals surface area contributed by atoms with Crippen LogP contribution < -0.4 is 0 Å². The fraction of sp³-hybridized carbons (Fsp3) is 0.333. The molecule has 0 aromatic heterocycles. The van der Waals surface area contributed by atoms with E-state index >= 15 is 0 Å². The molecule has 0 heterocycles. The number of hydrogen-bond acceptors (Lipinski definition) is 2. The van der Waals surface area contributed by atoms with Gasteiger partial charge in [0.25, 0.3) is 0 Å². The van der Waals surface area contributed by atoms with Gasteiger partial charge in [-0.05, 0) is 8.35 Å². The van der Waals surface area contributed by atoms with Gasteiger partial charge in [0, 0.05) is 0 Å². The first-order valence-electron chi connectivity index (χ1n) is 1.87. The quantitative estimate of drug-likeness (QED) is 0.595. The molecule has 0 radical (unpaired) electrons. The highest BCUT2D eigenvalue weighted by Crippen LogP contribution is 2.08. The fourth-order valence-electron chi connectivity index (χ4n) is 0.189. The second kappa shape index (κ2) is 3.96. The lowest BCUT2D eigenvalue weighted by atomic mass is 10.7. The molecule has 0 aromatic rings. The molecule has 1 unspecified atom stereocenters. The van der Waals surface area contributed by atoms with Crippen LogP contribution in [0.3, 0.4) is 0 Å². The molecule has 0 aliphatic rings. The summed E-state index contributed by atoms with van der Waals surface area (Å²) >= 11 is 0. The molecule has 0 rings (SSSR count). The summed E-state index contributed by atoms with van der Waals surface area (Å²) in [5, 5.41) is 8.13. The minimum absolute atomic E-state index is 0.0235. The molecule has 3 nitrogen and oxygen atoms in total. The minimum atomic E-state index is -0.837. The van der Waals surface area contributed by atoms with Crippen LogP contribution in [0, 0.1) is 0 Å². The Bertz CT molecular complexity index is 105. The lowest BCUT2D eigenvalue weighted by Gasteiger charge is -2.02. The van der Waals surface area contributed by atoms with Crippen LogP contribution >= 0.6 is 17.7 Å². The number of hydrogen-bond donors (Lipinski definition) is 1. The maximum Gasteiger partial charge on any atom is 0.318 e. The van der Waals surface area contributed by atoms with E-state index in [1.807, 2.05) is 0 Å². The lowest BCUT2D eigenvalue weighted by molar-refractivity contribution is -0.136. The number of aliphatic carboxylic acids is 1. The summed E-state index contributed by atoms with van der Waals surface area (Å²) in [4.78, 5) is 9.88. The van der Waals surface area contributed by atoms with Crippen molar-refractivity contribution in [2.45, 2.75) is 0 Å². The molecule has 0 fully saturated rings. The van der Waals surface area contributed by atoms with E-state index in [0.717, 1.165) is 0 Å². The van der Waals surface area contributed by atoms with E-state index in [-0.39, 0.29) is 6.54 Å². The maximum atomic E-state index is 9.88. The molecule has 0 amide bonds. The van der Waals surface area contributed by atoms with Crippen molar-refractivity contribution in [3.8, 4) is 0 Å². The Morgan fingerprint density at radius 2 is 2.50 bits per heavy atom. The van der Waals surface area contributed by atoms with E-state index in [0.29, 0.717) is 8.35 Å². The largest absolute Gasteiger partial charge is 0.480 e. The Morgan fingerprint density at radius 1 is 2.00 bits per heavy atom. The lowest BCUT2D eigenvalue weighted by Crippen LogP contribution is -2.11. The first-order chi connectivity index (χ1) is 3.66. The Balaban J connectivity index is 3.38. The number of rotatable bonds is 3. The average Bonchev–Trinajstić information content (AvgIpc) is 1.65. The van der Waals surface area contributed by atoms with Gasteiger partial charge >= 0.3 is 5.97 Å². The Kier molecular flexibility index (Phi) is 3.98. The molecule has 5 heteroatoms. The van der Waals surface area contributed by atoms with Gasteiger partial charge in [-0.15, -0.1) is 0 Å². The predicted molar refractivity (Wildman–Crippen MR) is 38.1 cm³/mol. The van der Waals surface area contributed by atoms with Crippen molar-refractivity contribution in [2.75, 3.05) is 6.54 Å². The molecule has 0 saturated heterocycles. The van der Waals surface area contributed by atoms with Gasteiger partial charge < -0.3 is 5.11 Å². The van der Waals surface area contributed by atoms with Gasteiger partial charge in [0.15, 0.2) is 0 Å². The summed E-state index contributed by atoms with van der Waals surface area (Å²) in [6, 6.07) is 0. The highest BCUT2D eigenvalue weighted by atomic mass is 31.1. The normalized spacial score (nSPS) is 10.2. The molecule has 46 valence electrons. The van der Waals surface area contributed by atoms with Crippen molar-refractivity contribution in [1.82, 2.24) is 4.44 Å². The van der Waals surface area contributed by atoms with E-state index in [9.17, 15) is 4.79 Å². The van der Waals surface area contributed by atoms with Crippen molar-refractivity contribution >= 4 is 30.0 Å². The van der Waals surface area contributed by atoms with Crippen LogP contribution in [-0.2, 0) is 4.79 Å². The van der Waals surface area contributed by atoms with Gasteiger partial charge in [-0.25, -0.2) is 4.44 Å². The van der Waals surface area contributed by atoms with Crippen LogP contribution in [0.5, 0.6) is 0 Å². The standard InChI is InChI=1S/C3H7NO2P2/c1-8-4(7)2-3(5)6/h1-2,7H2,(H,5,6). The van der Waals surface area contributed by atoms with Crippen LogP contribution in [0.25, 0.3) is 0 Å².